The molecule has 3 aromatic rings. The molecule has 1 heterocycles. The van der Waals surface area contributed by atoms with Gasteiger partial charge in [0.15, 0.2) is 18.1 Å². The first kappa shape index (κ1) is 19.3. The van der Waals surface area contributed by atoms with Gasteiger partial charge < -0.3 is 14.2 Å². The third-order valence-corrected chi connectivity index (χ3v) is 4.46. The summed E-state index contributed by atoms with van der Waals surface area (Å²) >= 11 is 0. The molecule has 0 aromatic heterocycles. The monoisotopic (exact) mass is 404 g/mol. The van der Waals surface area contributed by atoms with Crippen LogP contribution in [0.1, 0.15) is 0 Å². The molecule has 0 saturated carbocycles. The van der Waals surface area contributed by atoms with E-state index >= 15 is 0 Å². The smallest absolute Gasteiger partial charge is 0.283 e. The van der Waals surface area contributed by atoms with Gasteiger partial charge in [0, 0.05) is 5.56 Å². The molecule has 2 amide bonds. The third kappa shape index (κ3) is 4.52. The van der Waals surface area contributed by atoms with E-state index in [0.29, 0.717) is 17.2 Å². The highest BCUT2D eigenvalue weighted by Crippen LogP contribution is 2.31. The summed E-state index contributed by atoms with van der Waals surface area (Å²) in [6, 6.07) is 24.3. The number of amides is 2. The van der Waals surface area contributed by atoms with Crippen LogP contribution < -0.4 is 25.1 Å². The van der Waals surface area contributed by atoms with Crippen molar-refractivity contribution in [2.24, 2.45) is 0 Å². The molecule has 0 bridgehead atoms. The van der Waals surface area contributed by atoms with Crippen LogP contribution in [-0.2, 0) is 9.59 Å². The number of hydrazine groups is 1. The molecule has 0 unspecified atom stereocenters. The van der Waals surface area contributed by atoms with Gasteiger partial charge in [-0.1, -0.05) is 60.7 Å². The zero-order valence-electron chi connectivity index (χ0n) is 16.0. The highest BCUT2D eigenvalue weighted by molar-refractivity contribution is 5.86. The minimum absolute atomic E-state index is 0.0552. The number of para-hydroxylation sites is 3. The molecular weight excluding hydrogens is 384 g/mol. The van der Waals surface area contributed by atoms with E-state index in [1.54, 1.807) is 24.3 Å². The van der Waals surface area contributed by atoms with Crippen molar-refractivity contribution in [1.82, 2.24) is 10.9 Å². The van der Waals surface area contributed by atoms with Crippen LogP contribution in [0.4, 0.5) is 0 Å². The number of nitrogens with one attached hydrogen (secondary N) is 2. The van der Waals surface area contributed by atoms with Crippen LogP contribution in [0.25, 0.3) is 11.1 Å². The van der Waals surface area contributed by atoms with Gasteiger partial charge in [0.25, 0.3) is 11.8 Å². The van der Waals surface area contributed by atoms with Gasteiger partial charge in [0.05, 0.1) is 0 Å². The molecule has 0 radical (unpaired) electrons. The first-order chi connectivity index (χ1) is 14.7. The van der Waals surface area contributed by atoms with Gasteiger partial charge in [-0.05, 0) is 23.8 Å². The van der Waals surface area contributed by atoms with Gasteiger partial charge in [-0.15, -0.1) is 0 Å². The lowest BCUT2D eigenvalue weighted by Gasteiger charge is -2.25. The summed E-state index contributed by atoms with van der Waals surface area (Å²) in [4.78, 5) is 24.4. The van der Waals surface area contributed by atoms with Gasteiger partial charge in [0.2, 0.25) is 6.10 Å². The highest BCUT2D eigenvalue weighted by atomic mass is 16.6. The largest absolute Gasteiger partial charge is 0.485 e. The fourth-order valence-electron chi connectivity index (χ4n) is 2.99. The van der Waals surface area contributed by atoms with Crippen molar-refractivity contribution in [2.45, 2.75) is 6.10 Å². The van der Waals surface area contributed by atoms with Gasteiger partial charge in [0.1, 0.15) is 12.4 Å². The van der Waals surface area contributed by atoms with Crippen molar-refractivity contribution in [3.8, 4) is 28.4 Å². The molecule has 1 atom stereocenters. The van der Waals surface area contributed by atoms with Crippen LogP contribution in [0.2, 0.25) is 0 Å². The quantitative estimate of drug-likeness (QED) is 0.639. The molecule has 1 aliphatic rings. The second-order valence-electron chi connectivity index (χ2n) is 6.55. The minimum Gasteiger partial charge on any atom is -0.485 e. The normalized spacial score (nSPS) is 14.5. The van der Waals surface area contributed by atoms with E-state index in [0.717, 1.165) is 11.1 Å². The maximum absolute atomic E-state index is 12.3. The number of benzene rings is 3. The third-order valence-electron chi connectivity index (χ3n) is 4.46. The zero-order chi connectivity index (χ0) is 20.8. The molecule has 0 saturated heterocycles. The molecule has 0 spiro atoms. The van der Waals surface area contributed by atoms with Crippen LogP contribution in [0, 0.1) is 0 Å². The number of hydrogen-bond acceptors (Lipinski definition) is 5. The molecule has 0 fully saturated rings. The van der Waals surface area contributed by atoms with E-state index in [1.807, 2.05) is 54.6 Å². The standard InChI is InChI=1S/C23H20N2O5/c26-22(15-29-18-11-5-4-10-17(18)16-8-2-1-3-9-16)24-25-23(27)21-14-28-19-12-6-7-13-20(19)30-21/h1-13,21H,14-15H2,(H,24,26)(H,25,27)/t21-/m1/s1. The van der Waals surface area contributed by atoms with E-state index < -0.39 is 17.9 Å². The Bertz CT molecular complexity index is 1040. The number of carbonyl (C=O) groups excluding carboxylic acids is 2. The van der Waals surface area contributed by atoms with Crippen LogP contribution >= 0.6 is 0 Å². The molecule has 7 heteroatoms. The van der Waals surface area contributed by atoms with Gasteiger partial charge in [-0.3, -0.25) is 20.4 Å². The average Bonchev–Trinajstić information content (AvgIpc) is 2.81. The van der Waals surface area contributed by atoms with E-state index in [4.69, 9.17) is 14.2 Å². The fourth-order valence-corrected chi connectivity index (χ4v) is 2.99. The number of fused-ring (bicyclic) bond motifs is 1. The summed E-state index contributed by atoms with van der Waals surface area (Å²) in [5.74, 6) is 0.629. The van der Waals surface area contributed by atoms with E-state index in [-0.39, 0.29) is 13.2 Å². The van der Waals surface area contributed by atoms with Gasteiger partial charge >= 0.3 is 0 Å². The predicted molar refractivity (Wildman–Crippen MR) is 110 cm³/mol. The molecule has 4 rings (SSSR count). The maximum atomic E-state index is 12.3. The second kappa shape index (κ2) is 9.00. The summed E-state index contributed by atoms with van der Waals surface area (Å²) in [7, 11) is 0. The Morgan fingerprint density at radius 3 is 2.40 bits per heavy atom. The Balaban J connectivity index is 1.29. The summed E-state index contributed by atoms with van der Waals surface area (Å²) in [6.45, 7) is -0.200. The summed E-state index contributed by atoms with van der Waals surface area (Å²) in [6.07, 6.45) is -0.861. The van der Waals surface area contributed by atoms with Gasteiger partial charge in [-0.25, -0.2) is 0 Å². The number of hydrogen-bond donors (Lipinski definition) is 2. The Morgan fingerprint density at radius 1 is 0.867 bits per heavy atom. The Kier molecular flexibility index (Phi) is 5.80. The predicted octanol–water partition coefficient (Wildman–Crippen LogP) is 2.72. The van der Waals surface area contributed by atoms with Crippen LogP contribution in [0.15, 0.2) is 78.9 Å². The van der Waals surface area contributed by atoms with Gasteiger partial charge in [-0.2, -0.15) is 0 Å². The molecule has 30 heavy (non-hydrogen) atoms. The van der Waals surface area contributed by atoms with Crippen LogP contribution in [0.5, 0.6) is 17.2 Å². The molecule has 2 N–H and O–H groups in total. The topological polar surface area (TPSA) is 85.9 Å². The SMILES string of the molecule is O=C(COc1ccccc1-c1ccccc1)NNC(=O)[C@H]1COc2ccccc2O1. The fraction of sp³-hybridized carbons (Fsp3) is 0.130. The summed E-state index contributed by atoms with van der Waals surface area (Å²) < 4.78 is 16.8. The Hall–Kier alpha value is -4.00. The average molecular weight is 404 g/mol. The lowest BCUT2D eigenvalue weighted by Crippen LogP contribution is -2.51. The molecule has 3 aromatic carbocycles. The lowest BCUT2D eigenvalue weighted by molar-refractivity contribution is -0.135. The van der Waals surface area contributed by atoms with Crippen LogP contribution in [0.3, 0.4) is 0 Å². The second-order valence-corrected chi connectivity index (χ2v) is 6.55. The minimum atomic E-state index is -0.861. The lowest BCUT2D eigenvalue weighted by atomic mass is 10.1. The van der Waals surface area contributed by atoms with Crippen molar-refractivity contribution in [3.05, 3.63) is 78.9 Å². The number of rotatable bonds is 5. The summed E-state index contributed by atoms with van der Waals surface area (Å²) in [5, 5.41) is 0. The van der Waals surface area contributed by atoms with Crippen LogP contribution in [-0.4, -0.2) is 31.1 Å². The van der Waals surface area contributed by atoms with E-state index in [9.17, 15) is 9.59 Å². The van der Waals surface area contributed by atoms with Crippen molar-refractivity contribution < 1.29 is 23.8 Å². The molecule has 152 valence electrons. The highest BCUT2D eigenvalue weighted by Gasteiger charge is 2.27. The maximum Gasteiger partial charge on any atom is 0.283 e. The van der Waals surface area contributed by atoms with Crippen molar-refractivity contribution in [2.75, 3.05) is 13.2 Å². The molecule has 1 aliphatic heterocycles. The van der Waals surface area contributed by atoms with Crippen molar-refractivity contribution in [3.63, 3.8) is 0 Å². The summed E-state index contributed by atoms with van der Waals surface area (Å²) in [5.41, 5.74) is 6.54. The van der Waals surface area contributed by atoms with Crippen molar-refractivity contribution in [1.29, 1.82) is 0 Å². The molecule has 7 nitrogen and oxygen atoms in total. The van der Waals surface area contributed by atoms with Crippen molar-refractivity contribution >= 4 is 11.8 Å². The Labute approximate surface area is 173 Å². The number of carbonyl (C=O) groups is 2. The van der Waals surface area contributed by atoms with E-state index in [1.165, 1.54) is 0 Å². The number of ether oxygens (including phenoxy) is 3. The molecule has 0 aliphatic carbocycles. The first-order valence-electron chi connectivity index (χ1n) is 9.45. The molecular formula is C23H20N2O5. The zero-order valence-corrected chi connectivity index (χ0v) is 16.0. The first-order valence-corrected chi connectivity index (χ1v) is 9.45. The van der Waals surface area contributed by atoms with E-state index in [2.05, 4.69) is 10.9 Å². The Morgan fingerprint density at radius 2 is 1.57 bits per heavy atom.